The fourth-order valence-electron chi connectivity index (χ4n) is 4.56. The summed E-state index contributed by atoms with van der Waals surface area (Å²) in [4.78, 5) is 13.1. The summed E-state index contributed by atoms with van der Waals surface area (Å²) in [6.07, 6.45) is 4.16. The number of anilines is 1. The average Bonchev–Trinajstić information content (AvgIpc) is 3.55. The Balaban J connectivity index is 1.31. The van der Waals surface area contributed by atoms with Crippen molar-refractivity contribution in [3.8, 4) is 11.8 Å². The molecule has 1 saturated carbocycles. The van der Waals surface area contributed by atoms with Gasteiger partial charge in [-0.2, -0.15) is 0 Å². The van der Waals surface area contributed by atoms with Crippen LogP contribution in [0.2, 0.25) is 0 Å². The summed E-state index contributed by atoms with van der Waals surface area (Å²) in [5.41, 5.74) is 1.37. The lowest BCUT2D eigenvalue weighted by Gasteiger charge is -2.16. The summed E-state index contributed by atoms with van der Waals surface area (Å²) in [7, 11) is 0. The fraction of sp³-hybridized carbons (Fsp3) is 0.458. The number of rotatable bonds is 5. The van der Waals surface area contributed by atoms with Crippen LogP contribution < -0.4 is 5.32 Å². The highest BCUT2D eigenvalue weighted by atomic mass is 19.1. The van der Waals surface area contributed by atoms with Crippen LogP contribution in [0.25, 0.3) is 11.2 Å². The number of nitrogens with zero attached hydrogens (tertiary/aromatic N) is 4. The van der Waals surface area contributed by atoms with Crippen molar-refractivity contribution in [1.82, 2.24) is 19.5 Å². The lowest BCUT2D eigenvalue weighted by Crippen LogP contribution is -2.31. The Morgan fingerprint density at radius 3 is 2.76 bits per heavy atom. The third-order valence-electron chi connectivity index (χ3n) is 6.40. The van der Waals surface area contributed by atoms with Crippen molar-refractivity contribution >= 4 is 17.0 Å². The Bertz CT molecular complexity index is 1180. The van der Waals surface area contributed by atoms with Crippen LogP contribution in [0.4, 0.5) is 10.2 Å². The number of nitrogens with one attached hydrogen (secondary N) is 1. The van der Waals surface area contributed by atoms with Gasteiger partial charge in [-0.3, -0.25) is 4.57 Å². The molecule has 4 atom stereocenters. The zero-order valence-electron chi connectivity index (χ0n) is 18.1. The molecule has 3 heterocycles. The van der Waals surface area contributed by atoms with E-state index in [2.05, 4.69) is 32.1 Å². The molecule has 172 valence electrons. The number of fused-ring (bicyclic) bond motifs is 1. The highest BCUT2D eigenvalue weighted by molar-refractivity contribution is 5.82. The Labute approximate surface area is 190 Å². The Kier molecular flexibility index (Phi) is 6.22. The monoisotopic (exact) mass is 451 g/mol. The molecule has 0 unspecified atom stereocenters. The van der Waals surface area contributed by atoms with E-state index in [4.69, 9.17) is 4.74 Å². The van der Waals surface area contributed by atoms with E-state index < -0.39 is 30.4 Å². The molecule has 1 aliphatic heterocycles. The Morgan fingerprint density at radius 1 is 1.12 bits per heavy atom. The highest BCUT2D eigenvalue weighted by Crippen LogP contribution is 2.33. The minimum absolute atomic E-state index is 0.138. The maximum absolute atomic E-state index is 13.7. The van der Waals surface area contributed by atoms with Crippen LogP contribution in [0.15, 0.2) is 36.9 Å². The number of aliphatic hydroxyl groups is 2. The molecule has 0 amide bonds. The maximum Gasteiger partial charge on any atom is 0.167 e. The van der Waals surface area contributed by atoms with Gasteiger partial charge in [0.05, 0.1) is 18.0 Å². The van der Waals surface area contributed by atoms with Crippen LogP contribution in [-0.4, -0.2) is 54.6 Å². The first-order valence-corrected chi connectivity index (χ1v) is 11.3. The highest BCUT2D eigenvalue weighted by Gasteiger charge is 2.44. The molecular weight excluding hydrogens is 425 g/mol. The third kappa shape index (κ3) is 4.42. The van der Waals surface area contributed by atoms with Crippen molar-refractivity contribution in [2.24, 2.45) is 5.92 Å². The number of hydrogen-bond donors (Lipinski definition) is 3. The molecule has 0 bridgehead atoms. The standard InChI is InChI=1S/C24H26FN5O3/c25-17-10-4-3-8-16(17)9-5-11-18-20(31)21(32)24(33-18)30-14-29-19-22(27-13-28-23(19)30)26-12-15-6-1-2-7-15/h3-4,8,10,13-15,18,20-21,24,31-32H,1-2,6-7,11-12H2,(H,26,27,28)/t18-,20-,21-,24-/m1/s1. The second-order valence-corrected chi connectivity index (χ2v) is 8.61. The molecule has 1 saturated heterocycles. The van der Waals surface area contributed by atoms with Crippen LogP contribution in [0, 0.1) is 23.6 Å². The largest absolute Gasteiger partial charge is 0.387 e. The molecule has 3 aromatic rings. The number of halogens is 1. The number of aliphatic hydroxyl groups excluding tert-OH is 2. The SMILES string of the molecule is O[C@@H]1[C@H](O)[C@@H](CC#Cc2ccccc2F)O[C@H]1n1cnc2c(NCC3CCCC3)ncnc21. The van der Waals surface area contributed by atoms with Crippen LogP contribution in [0.3, 0.4) is 0 Å². The van der Waals surface area contributed by atoms with E-state index in [-0.39, 0.29) is 12.0 Å². The molecule has 33 heavy (non-hydrogen) atoms. The maximum atomic E-state index is 13.7. The zero-order valence-corrected chi connectivity index (χ0v) is 18.1. The van der Waals surface area contributed by atoms with Crippen molar-refractivity contribution in [1.29, 1.82) is 0 Å². The fourth-order valence-corrected chi connectivity index (χ4v) is 4.56. The van der Waals surface area contributed by atoms with Gasteiger partial charge in [-0.15, -0.1) is 0 Å². The lowest BCUT2D eigenvalue weighted by molar-refractivity contribution is -0.0332. The summed E-state index contributed by atoms with van der Waals surface area (Å²) in [6, 6.07) is 6.23. The van der Waals surface area contributed by atoms with Gasteiger partial charge < -0.3 is 20.3 Å². The third-order valence-corrected chi connectivity index (χ3v) is 6.40. The minimum atomic E-state index is -1.19. The Hall–Kier alpha value is -3.06. The van der Waals surface area contributed by atoms with E-state index in [0.717, 1.165) is 6.54 Å². The molecule has 5 rings (SSSR count). The number of ether oxygens (including phenoxy) is 1. The minimum Gasteiger partial charge on any atom is -0.387 e. The molecular formula is C24H26FN5O3. The van der Waals surface area contributed by atoms with Crippen LogP contribution in [0.1, 0.15) is 43.9 Å². The van der Waals surface area contributed by atoms with E-state index in [0.29, 0.717) is 22.9 Å². The smallest absolute Gasteiger partial charge is 0.167 e. The van der Waals surface area contributed by atoms with Gasteiger partial charge in [0, 0.05) is 13.0 Å². The number of benzene rings is 1. The average molecular weight is 452 g/mol. The van der Waals surface area contributed by atoms with Crippen LogP contribution >= 0.6 is 0 Å². The molecule has 0 spiro atoms. The summed E-state index contributed by atoms with van der Waals surface area (Å²) in [6.45, 7) is 0.836. The van der Waals surface area contributed by atoms with Gasteiger partial charge in [-0.05, 0) is 30.9 Å². The predicted octanol–water partition coefficient (Wildman–Crippen LogP) is 2.63. The van der Waals surface area contributed by atoms with Gasteiger partial charge in [0.25, 0.3) is 0 Å². The molecule has 2 aromatic heterocycles. The number of imidazole rings is 1. The van der Waals surface area contributed by atoms with E-state index in [9.17, 15) is 14.6 Å². The summed E-state index contributed by atoms with van der Waals surface area (Å²) >= 11 is 0. The van der Waals surface area contributed by atoms with E-state index in [1.54, 1.807) is 22.8 Å². The molecule has 3 N–H and O–H groups in total. The van der Waals surface area contributed by atoms with Gasteiger partial charge in [-0.1, -0.05) is 36.8 Å². The first-order chi connectivity index (χ1) is 16.1. The van der Waals surface area contributed by atoms with Crippen molar-refractivity contribution in [2.75, 3.05) is 11.9 Å². The first-order valence-electron chi connectivity index (χ1n) is 11.3. The molecule has 1 aliphatic carbocycles. The van der Waals surface area contributed by atoms with Crippen LogP contribution in [-0.2, 0) is 4.74 Å². The summed E-state index contributed by atoms with van der Waals surface area (Å²) in [5.74, 6) is 6.47. The second kappa shape index (κ2) is 9.43. The van der Waals surface area contributed by atoms with Gasteiger partial charge in [0.1, 0.15) is 24.4 Å². The van der Waals surface area contributed by atoms with Crippen molar-refractivity contribution < 1.29 is 19.3 Å². The van der Waals surface area contributed by atoms with Gasteiger partial charge >= 0.3 is 0 Å². The summed E-state index contributed by atoms with van der Waals surface area (Å²) in [5, 5.41) is 24.5. The molecule has 8 nitrogen and oxygen atoms in total. The van der Waals surface area contributed by atoms with Crippen LogP contribution in [0.5, 0.6) is 0 Å². The van der Waals surface area contributed by atoms with Crippen molar-refractivity contribution in [3.63, 3.8) is 0 Å². The first kappa shape index (κ1) is 21.8. The van der Waals surface area contributed by atoms with Crippen molar-refractivity contribution in [3.05, 3.63) is 48.3 Å². The quantitative estimate of drug-likeness (QED) is 0.512. The molecule has 2 fully saturated rings. The Morgan fingerprint density at radius 2 is 1.94 bits per heavy atom. The lowest BCUT2D eigenvalue weighted by atomic mass is 10.1. The van der Waals surface area contributed by atoms with Gasteiger partial charge in [-0.25, -0.2) is 19.3 Å². The zero-order chi connectivity index (χ0) is 22.8. The normalized spacial score (nSPS) is 25.3. The second-order valence-electron chi connectivity index (χ2n) is 8.61. The van der Waals surface area contributed by atoms with E-state index in [1.807, 2.05) is 0 Å². The van der Waals surface area contributed by atoms with E-state index >= 15 is 0 Å². The topological polar surface area (TPSA) is 105 Å². The predicted molar refractivity (Wildman–Crippen MR) is 120 cm³/mol. The molecule has 0 radical (unpaired) electrons. The van der Waals surface area contributed by atoms with Gasteiger partial charge in [0.2, 0.25) is 0 Å². The number of hydrogen-bond acceptors (Lipinski definition) is 7. The van der Waals surface area contributed by atoms with Gasteiger partial charge in [0.15, 0.2) is 23.2 Å². The summed E-state index contributed by atoms with van der Waals surface area (Å²) < 4.78 is 21.3. The molecule has 1 aromatic carbocycles. The van der Waals surface area contributed by atoms with E-state index in [1.165, 1.54) is 44.4 Å². The number of aromatic nitrogens is 4. The molecule has 2 aliphatic rings. The van der Waals surface area contributed by atoms with Crippen molar-refractivity contribution in [2.45, 2.75) is 56.6 Å². The molecule has 9 heteroatoms.